The predicted octanol–water partition coefficient (Wildman–Crippen LogP) is 7.80. The van der Waals surface area contributed by atoms with E-state index in [1.807, 2.05) is 0 Å². The van der Waals surface area contributed by atoms with Gasteiger partial charge in [-0.15, -0.1) is 0 Å². The molecule has 1 unspecified atom stereocenters. The number of hydrogen-bond donors (Lipinski definition) is 2. The van der Waals surface area contributed by atoms with Crippen molar-refractivity contribution in [1.82, 2.24) is 9.88 Å². The first kappa shape index (κ1) is 26.9. The summed E-state index contributed by atoms with van der Waals surface area (Å²) in [7, 11) is 1.50. The van der Waals surface area contributed by atoms with E-state index in [1.165, 1.54) is 112 Å². The van der Waals surface area contributed by atoms with Crippen LogP contribution < -0.4 is 11.1 Å². The van der Waals surface area contributed by atoms with Crippen LogP contribution in [0.3, 0.4) is 0 Å². The highest BCUT2D eigenvalue weighted by Crippen LogP contribution is 2.36. The number of hydrogen-bond acceptors (Lipinski definition) is 2. The summed E-state index contributed by atoms with van der Waals surface area (Å²) in [6.07, 6.45) is 17.9. The van der Waals surface area contributed by atoms with Crippen LogP contribution in [0.1, 0.15) is 93.2 Å². The number of rotatable bonds is 9. The van der Waals surface area contributed by atoms with Crippen molar-refractivity contribution in [2.24, 2.45) is 17.6 Å². The number of nitrogens with zero attached hydrogens (tertiary/aromatic N) is 1. The Kier molecular flexibility index (Phi) is 10.5. The maximum Gasteiger partial charge on any atom is 0.0483 e. The molecule has 2 saturated carbocycles. The van der Waals surface area contributed by atoms with Crippen molar-refractivity contribution in [3.63, 3.8) is 0 Å². The molecule has 1 aromatic heterocycles. The summed E-state index contributed by atoms with van der Waals surface area (Å²) in [6, 6.07) is 18.4. The van der Waals surface area contributed by atoms with Gasteiger partial charge in [0, 0.05) is 29.6 Å². The Labute approximate surface area is 219 Å². The Bertz CT molecular complexity index is 1040. The molecule has 3 nitrogen and oxygen atoms in total. The zero-order chi connectivity index (χ0) is 25.2. The molecular weight excluding hydrogens is 438 g/mol. The second-order valence-corrected chi connectivity index (χ2v) is 11.2. The van der Waals surface area contributed by atoms with Gasteiger partial charge in [-0.25, -0.2) is 0 Å². The Morgan fingerprint density at radius 3 is 2.28 bits per heavy atom. The number of fused-ring (bicyclic) bond motifs is 1. The minimum absolute atomic E-state index is 0.441. The zero-order valence-electron chi connectivity index (χ0n) is 22.9. The van der Waals surface area contributed by atoms with Gasteiger partial charge in [-0.1, -0.05) is 86.6 Å². The van der Waals surface area contributed by atoms with Crippen LogP contribution >= 0.6 is 0 Å². The van der Waals surface area contributed by atoms with Crippen molar-refractivity contribution in [3.8, 4) is 0 Å². The second-order valence-electron chi connectivity index (χ2n) is 11.2. The molecular formula is C33H49N3. The third kappa shape index (κ3) is 7.01. The monoisotopic (exact) mass is 487 g/mol. The average Bonchev–Trinajstić information content (AvgIpc) is 3.29. The lowest BCUT2D eigenvalue weighted by Gasteiger charge is -2.23. The fraction of sp³-hybridized carbons (Fsp3) is 0.576. The van der Waals surface area contributed by atoms with E-state index < -0.39 is 0 Å². The van der Waals surface area contributed by atoms with Crippen LogP contribution in [0.5, 0.6) is 0 Å². The third-order valence-corrected chi connectivity index (χ3v) is 8.59. The van der Waals surface area contributed by atoms with Crippen LogP contribution in [-0.4, -0.2) is 24.7 Å². The highest BCUT2D eigenvalue weighted by Gasteiger charge is 2.22. The summed E-state index contributed by atoms with van der Waals surface area (Å²) in [5.41, 5.74) is 10.3. The van der Waals surface area contributed by atoms with Gasteiger partial charge in [0.1, 0.15) is 0 Å². The highest BCUT2D eigenvalue weighted by atomic mass is 15.0. The van der Waals surface area contributed by atoms with Crippen LogP contribution in [-0.2, 0) is 6.54 Å². The van der Waals surface area contributed by atoms with Crippen LogP contribution in [0.15, 0.2) is 54.7 Å². The Balaban J connectivity index is 0.00000148. The summed E-state index contributed by atoms with van der Waals surface area (Å²) in [4.78, 5) is 0. The topological polar surface area (TPSA) is 43.0 Å². The molecule has 2 aliphatic rings. The van der Waals surface area contributed by atoms with E-state index in [0.717, 1.165) is 24.8 Å². The summed E-state index contributed by atoms with van der Waals surface area (Å²) < 4.78 is 2.60. The maximum atomic E-state index is 4.50. The first-order valence-corrected chi connectivity index (χ1v) is 14.7. The van der Waals surface area contributed by atoms with Gasteiger partial charge in [0.2, 0.25) is 0 Å². The van der Waals surface area contributed by atoms with Gasteiger partial charge in [0.05, 0.1) is 0 Å². The van der Waals surface area contributed by atoms with Crippen LogP contribution in [0.2, 0.25) is 0 Å². The second kappa shape index (κ2) is 14.0. The fourth-order valence-electron chi connectivity index (χ4n) is 6.68. The number of aryl methyl sites for hydroxylation is 1. The van der Waals surface area contributed by atoms with Gasteiger partial charge in [0.25, 0.3) is 0 Å². The van der Waals surface area contributed by atoms with Gasteiger partial charge in [-0.3, -0.25) is 0 Å². The smallest absolute Gasteiger partial charge is 0.0483 e. The molecule has 0 amide bonds. The molecule has 0 spiro atoms. The maximum absolute atomic E-state index is 4.50. The molecule has 2 fully saturated rings. The SMILES string of the molecule is CN.Cc1cccc(C(CCNCC2CCCCC2)c2cn(CC3CCCCC3)c3ccccc23)c1. The first-order chi connectivity index (χ1) is 17.8. The Morgan fingerprint density at radius 2 is 1.56 bits per heavy atom. The molecule has 36 heavy (non-hydrogen) atoms. The number of benzene rings is 2. The minimum Gasteiger partial charge on any atom is -0.347 e. The minimum atomic E-state index is 0.441. The van der Waals surface area contributed by atoms with Crippen LogP contribution in [0.4, 0.5) is 0 Å². The third-order valence-electron chi connectivity index (χ3n) is 8.59. The number of nitrogens with two attached hydrogens (primary N) is 1. The van der Waals surface area contributed by atoms with Gasteiger partial charge in [-0.2, -0.15) is 0 Å². The van der Waals surface area contributed by atoms with Crippen LogP contribution in [0, 0.1) is 18.8 Å². The van der Waals surface area contributed by atoms with E-state index >= 15 is 0 Å². The van der Waals surface area contributed by atoms with E-state index in [1.54, 1.807) is 0 Å². The van der Waals surface area contributed by atoms with Gasteiger partial charge in [0.15, 0.2) is 0 Å². The highest BCUT2D eigenvalue weighted by molar-refractivity contribution is 5.85. The lowest BCUT2D eigenvalue weighted by molar-refractivity contribution is 0.322. The Hall–Kier alpha value is -2.10. The van der Waals surface area contributed by atoms with Crippen LogP contribution in [0.25, 0.3) is 10.9 Å². The zero-order valence-corrected chi connectivity index (χ0v) is 22.9. The van der Waals surface area contributed by atoms with E-state index in [-0.39, 0.29) is 0 Å². The molecule has 5 rings (SSSR count). The number of aromatic nitrogens is 1. The van der Waals surface area contributed by atoms with Crippen molar-refractivity contribution in [1.29, 1.82) is 0 Å². The number of para-hydroxylation sites is 1. The lowest BCUT2D eigenvalue weighted by atomic mass is 9.87. The summed E-state index contributed by atoms with van der Waals surface area (Å²) >= 11 is 0. The van der Waals surface area contributed by atoms with E-state index in [9.17, 15) is 0 Å². The fourth-order valence-corrected chi connectivity index (χ4v) is 6.68. The van der Waals surface area contributed by atoms with E-state index in [4.69, 9.17) is 0 Å². The molecule has 2 aliphatic carbocycles. The van der Waals surface area contributed by atoms with E-state index in [2.05, 4.69) is 77.3 Å². The predicted molar refractivity (Wildman–Crippen MR) is 156 cm³/mol. The molecule has 0 aliphatic heterocycles. The number of nitrogens with one attached hydrogen (secondary N) is 1. The molecule has 0 radical (unpaired) electrons. The molecule has 1 atom stereocenters. The molecule has 3 heteroatoms. The molecule has 0 saturated heterocycles. The Morgan fingerprint density at radius 1 is 0.861 bits per heavy atom. The normalized spacial score (nSPS) is 18.1. The van der Waals surface area contributed by atoms with Crippen molar-refractivity contribution >= 4 is 10.9 Å². The first-order valence-electron chi connectivity index (χ1n) is 14.7. The lowest BCUT2D eigenvalue weighted by Crippen LogP contribution is -2.26. The van der Waals surface area contributed by atoms with Crippen molar-refractivity contribution < 1.29 is 0 Å². The van der Waals surface area contributed by atoms with Crippen molar-refractivity contribution in [2.75, 3.05) is 20.1 Å². The van der Waals surface area contributed by atoms with Gasteiger partial charge in [-0.05, 0) is 88.2 Å². The molecule has 3 aromatic rings. The largest absolute Gasteiger partial charge is 0.347 e. The van der Waals surface area contributed by atoms with Crippen molar-refractivity contribution in [3.05, 3.63) is 71.4 Å². The summed E-state index contributed by atoms with van der Waals surface area (Å²) in [5, 5.41) is 5.31. The van der Waals surface area contributed by atoms with Gasteiger partial charge >= 0.3 is 0 Å². The van der Waals surface area contributed by atoms with Gasteiger partial charge < -0.3 is 15.6 Å². The molecule has 0 bridgehead atoms. The molecule has 2 aromatic carbocycles. The summed E-state index contributed by atoms with van der Waals surface area (Å²) in [5.74, 6) is 2.17. The molecule has 3 N–H and O–H groups in total. The van der Waals surface area contributed by atoms with Crippen molar-refractivity contribution in [2.45, 2.75) is 90.0 Å². The quantitative estimate of drug-likeness (QED) is 0.302. The standard InChI is InChI=1S/C32H44N2.CH5N/c1-25-11-10-16-28(21-25)29(19-20-33-22-26-12-4-2-5-13-26)31-24-34(23-27-14-6-3-7-15-27)32-18-9-8-17-30(31)32;1-2/h8-11,16-18,21,24,26-27,29,33H,2-7,12-15,19-20,22-23H2,1H3;2H2,1H3. The molecule has 1 heterocycles. The summed E-state index contributed by atoms with van der Waals surface area (Å²) in [6.45, 7) is 5.70. The molecule has 196 valence electrons. The average molecular weight is 488 g/mol. The van der Waals surface area contributed by atoms with E-state index in [0.29, 0.717) is 5.92 Å².